The second kappa shape index (κ2) is 10.4. The van der Waals surface area contributed by atoms with E-state index in [4.69, 9.17) is 4.74 Å². The van der Waals surface area contributed by atoms with Crippen LogP contribution in [0.15, 0.2) is 76.5 Å². The highest BCUT2D eigenvalue weighted by molar-refractivity contribution is 7.99. The molecule has 0 bridgehead atoms. The van der Waals surface area contributed by atoms with E-state index in [1.165, 1.54) is 6.42 Å². The number of fused-ring (bicyclic) bond motifs is 2. The predicted molar refractivity (Wildman–Crippen MR) is 144 cm³/mol. The molecule has 1 fully saturated rings. The van der Waals surface area contributed by atoms with Crippen molar-refractivity contribution in [1.29, 1.82) is 0 Å². The molecule has 36 heavy (non-hydrogen) atoms. The third kappa shape index (κ3) is 4.87. The fraction of sp³-hybridized carbons (Fsp3) is 0.333. The van der Waals surface area contributed by atoms with Crippen LogP contribution in [0.4, 0.5) is 5.69 Å². The summed E-state index contributed by atoms with van der Waals surface area (Å²) in [6, 6.07) is 21.3. The summed E-state index contributed by atoms with van der Waals surface area (Å²) in [5, 5.41) is 3.28. The van der Waals surface area contributed by atoms with Gasteiger partial charge in [-0.25, -0.2) is 0 Å². The summed E-state index contributed by atoms with van der Waals surface area (Å²) in [6.45, 7) is 4.87. The zero-order valence-corrected chi connectivity index (χ0v) is 21.8. The second-order valence-electron chi connectivity index (χ2n) is 9.87. The van der Waals surface area contributed by atoms with E-state index in [0.717, 1.165) is 39.6 Å². The number of hydrogen-bond donors (Lipinski definition) is 1. The minimum absolute atomic E-state index is 0.0769. The number of hydrogen-bond acceptors (Lipinski definition) is 4. The predicted octanol–water partition coefficient (Wildman–Crippen LogP) is 6.56. The summed E-state index contributed by atoms with van der Waals surface area (Å²) in [5.74, 6) is 1.63. The van der Waals surface area contributed by atoms with Crippen LogP contribution in [-0.4, -0.2) is 25.0 Å². The summed E-state index contributed by atoms with van der Waals surface area (Å²) in [4.78, 5) is 30.8. The first-order valence-electron chi connectivity index (χ1n) is 12.6. The lowest BCUT2D eigenvalue weighted by atomic mass is 9.78. The third-order valence-corrected chi connectivity index (χ3v) is 8.73. The Hall–Kier alpha value is -3.25. The number of carbonyl (C=O) groups excluding carboxylic acids is 2. The molecule has 0 spiro atoms. The van der Waals surface area contributed by atoms with Gasteiger partial charge in [0.2, 0.25) is 0 Å². The smallest absolute Gasteiger partial charge is 0.259 e. The highest BCUT2D eigenvalue weighted by Crippen LogP contribution is 2.42. The molecule has 2 amide bonds. The van der Waals surface area contributed by atoms with Crippen molar-refractivity contribution in [2.45, 2.75) is 55.5 Å². The largest absolute Gasteiger partial charge is 0.497 e. The van der Waals surface area contributed by atoms with Gasteiger partial charge >= 0.3 is 0 Å². The van der Waals surface area contributed by atoms with Gasteiger partial charge in [-0.3, -0.25) is 9.59 Å². The number of carbonyl (C=O) groups is 2. The Morgan fingerprint density at radius 2 is 1.86 bits per heavy atom. The highest BCUT2D eigenvalue weighted by atomic mass is 32.2. The van der Waals surface area contributed by atoms with E-state index in [2.05, 4.69) is 19.2 Å². The molecule has 1 N–H and O–H groups in total. The second-order valence-corrected chi connectivity index (χ2v) is 11.0. The highest BCUT2D eigenvalue weighted by Gasteiger charge is 2.31. The van der Waals surface area contributed by atoms with Gasteiger partial charge in [-0.05, 0) is 66.3 Å². The van der Waals surface area contributed by atoms with Gasteiger partial charge in [0, 0.05) is 21.4 Å². The lowest BCUT2D eigenvalue weighted by Gasteiger charge is -2.34. The van der Waals surface area contributed by atoms with Crippen LogP contribution in [0, 0.1) is 11.8 Å². The van der Waals surface area contributed by atoms with Crippen molar-refractivity contribution >= 4 is 29.3 Å². The molecule has 1 aliphatic heterocycles. The molecule has 0 unspecified atom stereocenters. The number of ether oxygens (including phenoxy) is 1. The number of rotatable bonds is 5. The summed E-state index contributed by atoms with van der Waals surface area (Å²) < 4.78 is 5.40. The van der Waals surface area contributed by atoms with Gasteiger partial charge in [0.05, 0.1) is 24.9 Å². The summed E-state index contributed by atoms with van der Waals surface area (Å²) in [6.07, 6.45) is 3.36. The van der Waals surface area contributed by atoms with Gasteiger partial charge in [0.25, 0.3) is 11.8 Å². The molecule has 1 aliphatic carbocycles. The molecule has 186 valence electrons. The molecule has 3 atom stereocenters. The molecule has 3 aromatic carbocycles. The van der Waals surface area contributed by atoms with Gasteiger partial charge in [-0.2, -0.15) is 0 Å². The first kappa shape index (κ1) is 24.4. The quantitative estimate of drug-likeness (QED) is 0.431. The van der Waals surface area contributed by atoms with Gasteiger partial charge in [0.1, 0.15) is 5.75 Å². The molecule has 5 rings (SSSR count). The number of anilines is 1. The third-order valence-electron chi connectivity index (χ3n) is 7.59. The number of methoxy groups -OCH3 is 1. The van der Waals surface area contributed by atoms with E-state index in [0.29, 0.717) is 29.5 Å². The molecule has 1 saturated carbocycles. The van der Waals surface area contributed by atoms with Crippen LogP contribution >= 0.6 is 11.8 Å². The van der Waals surface area contributed by atoms with Crippen molar-refractivity contribution in [3.63, 3.8) is 0 Å². The maximum absolute atomic E-state index is 13.8. The molecule has 6 heteroatoms. The molecule has 5 nitrogen and oxygen atoms in total. The summed E-state index contributed by atoms with van der Waals surface area (Å²) in [7, 11) is 1.64. The van der Waals surface area contributed by atoms with Gasteiger partial charge < -0.3 is 15.0 Å². The standard InChI is InChI=1S/C30H32N2O3S/c1-19-8-6-12-25(20(19)2)31-29(33)22-14-15-28-26(17-22)32(18-21-9-7-10-23(16-21)35-3)30(34)24-11-4-5-13-27(24)36-28/h4-5,7,9-11,13-17,19-20,25H,6,8,12,18H2,1-3H3,(H,31,33)/t19-,20+,25-/m1/s1. The van der Waals surface area contributed by atoms with Crippen molar-refractivity contribution in [1.82, 2.24) is 5.32 Å². The lowest BCUT2D eigenvalue weighted by Crippen LogP contribution is -2.43. The zero-order chi connectivity index (χ0) is 25.2. The number of amides is 2. The average molecular weight is 501 g/mol. The minimum Gasteiger partial charge on any atom is -0.497 e. The lowest BCUT2D eigenvalue weighted by molar-refractivity contribution is 0.0889. The van der Waals surface area contributed by atoms with E-state index < -0.39 is 0 Å². The monoisotopic (exact) mass is 500 g/mol. The fourth-order valence-corrected chi connectivity index (χ4v) is 6.27. The Balaban J connectivity index is 1.51. The van der Waals surface area contributed by atoms with Crippen LogP contribution < -0.4 is 15.0 Å². The zero-order valence-electron chi connectivity index (χ0n) is 21.0. The molecular formula is C30H32N2O3S. The van der Waals surface area contributed by atoms with Crippen molar-refractivity contribution < 1.29 is 14.3 Å². The molecule has 1 heterocycles. The van der Waals surface area contributed by atoms with Gasteiger partial charge in [0.15, 0.2) is 0 Å². The molecule has 3 aromatic rings. The van der Waals surface area contributed by atoms with E-state index >= 15 is 0 Å². The Morgan fingerprint density at radius 3 is 2.69 bits per heavy atom. The number of nitrogens with zero attached hydrogens (tertiary/aromatic N) is 1. The fourth-order valence-electron chi connectivity index (χ4n) is 5.21. The molecule has 0 saturated heterocycles. The summed E-state index contributed by atoms with van der Waals surface area (Å²) >= 11 is 1.57. The SMILES string of the molecule is COc1cccc(CN2C(=O)c3ccccc3Sc3ccc(C(=O)N[C@@H]4CCC[C@@H](C)[C@@H]4C)cc32)c1. The van der Waals surface area contributed by atoms with Crippen LogP contribution in [0.1, 0.15) is 59.4 Å². The van der Waals surface area contributed by atoms with E-state index in [1.807, 2.05) is 66.7 Å². The van der Waals surface area contributed by atoms with Gasteiger partial charge in [-0.15, -0.1) is 0 Å². The van der Waals surface area contributed by atoms with Crippen LogP contribution in [0.5, 0.6) is 5.75 Å². The Morgan fingerprint density at radius 1 is 1.03 bits per heavy atom. The first-order valence-corrected chi connectivity index (χ1v) is 13.4. The van der Waals surface area contributed by atoms with Crippen LogP contribution in [-0.2, 0) is 6.54 Å². The number of benzene rings is 3. The number of nitrogens with one attached hydrogen (secondary N) is 1. The molecular weight excluding hydrogens is 468 g/mol. The Bertz CT molecular complexity index is 1290. The Kier molecular flexibility index (Phi) is 7.06. The van der Waals surface area contributed by atoms with Crippen LogP contribution in [0.3, 0.4) is 0 Å². The van der Waals surface area contributed by atoms with Crippen molar-refractivity contribution in [2.75, 3.05) is 12.0 Å². The topological polar surface area (TPSA) is 58.6 Å². The molecule has 2 aliphatic rings. The normalized spacial score (nSPS) is 21.2. The van der Waals surface area contributed by atoms with Crippen molar-refractivity contribution in [2.24, 2.45) is 11.8 Å². The van der Waals surface area contributed by atoms with Crippen LogP contribution in [0.2, 0.25) is 0 Å². The van der Waals surface area contributed by atoms with Crippen molar-refractivity contribution in [3.05, 3.63) is 83.4 Å². The van der Waals surface area contributed by atoms with E-state index in [9.17, 15) is 9.59 Å². The van der Waals surface area contributed by atoms with Crippen LogP contribution in [0.25, 0.3) is 0 Å². The average Bonchev–Trinajstić information content (AvgIpc) is 3.01. The maximum atomic E-state index is 13.8. The summed E-state index contributed by atoms with van der Waals surface area (Å²) in [5.41, 5.74) is 2.95. The minimum atomic E-state index is -0.0794. The maximum Gasteiger partial charge on any atom is 0.259 e. The van der Waals surface area contributed by atoms with Gasteiger partial charge in [-0.1, -0.05) is 62.7 Å². The van der Waals surface area contributed by atoms with E-state index in [1.54, 1.807) is 23.8 Å². The Labute approximate surface area is 217 Å². The first-order chi connectivity index (χ1) is 17.4. The molecule has 0 aromatic heterocycles. The van der Waals surface area contributed by atoms with Crippen molar-refractivity contribution in [3.8, 4) is 5.75 Å². The van der Waals surface area contributed by atoms with E-state index in [-0.39, 0.29) is 17.9 Å². The molecule has 0 radical (unpaired) electrons.